The Morgan fingerprint density at radius 3 is 2.57 bits per heavy atom. The summed E-state index contributed by atoms with van der Waals surface area (Å²) in [6.45, 7) is 5.12. The Bertz CT molecular complexity index is 572. The van der Waals surface area contributed by atoms with Gasteiger partial charge in [0.15, 0.2) is 5.82 Å². The van der Waals surface area contributed by atoms with Gasteiger partial charge in [-0.05, 0) is 13.8 Å². The number of nitrogens with zero attached hydrogens (tertiary/aromatic N) is 3. The maximum Gasteiger partial charge on any atom is 0.163 e. The van der Waals surface area contributed by atoms with Crippen LogP contribution in [0.2, 0.25) is 0 Å². The van der Waals surface area contributed by atoms with E-state index in [-0.39, 0.29) is 0 Å². The monoisotopic (exact) mass is 286 g/mol. The van der Waals surface area contributed by atoms with Crippen LogP contribution < -0.4 is 10.2 Å². The highest BCUT2D eigenvalue weighted by Crippen LogP contribution is 2.21. The van der Waals surface area contributed by atoms with Crippen LogP contribution in [0, 0.1) is 0 Å². The van der Waals surface area contributed by atoms with Crippen LogP contribution >= 0.6 is 0 Å². The third kappa shape index (κ3) is 4.16. The summed E-state index contributed by atoms with van der Waals surface area (Å²) in [4.78, 5) is 11.1. The zero-order valence-corrected chi connectivity index (χ0v) is 12.7. The summed E-state index contributed by atoms with van der Waals surface area (Å²) in [5.41, 5.74) is 0.976. The van der Waals surface area contributed by atoms with Crippen molar-refractivity contribution in [2.24, 2.45) is 0 Å². The molecule has 0 saturated heterocycles. The number of hydrogen-bond donors (Lipinski definition) is 2. The van der Waals surface area contributed by atoms with E-state index in [1.807, 2.05) is 55.3 Å². The van der Waals surface area contributed by atoms with Crippen LogP contribution in [0.15, 0.2) is 36.4 Å². The maximum atomic E-state index is 9.54. The molecule has 1 aromatic carbocycles. The van der Waals surface area contributed by atoms with Crippen molar-refractivity contribution in [2.75, 3.05) is 30.4 Å². The van der Waals surface area contributed by atoms with Crippen LogP contribution in [0.5, 0.6) is 0 Å². The quantitative estimate of drug-likeness (QED) is 0.854. The lowest BCUT2D eigenvalue weighted by molar-refractivity contribution is 0.201. The molecule has 0 bridgehead atoms. The van der Waals surface area contributed by atoms with Crippen LogP contribution in [0.3, 0.4) is 0 Å². The van der Waals surface area contributed by atoms with Gasteiger partial charge in [0.2, 0.25) is 0 Å². The van der Waals surface area contributed by atoms with Crippen LogP contribution in [0.4, 0.5) is 11.6 Å². The Kier molecular flexibility index (Phi) is 5.11. The molecule has 0 aliphatic carbocycles. The number of aliphatic hydroxyl groups is 1. The van der Waals surface area contributed by atoms with E-state index in [4.69, 9.17) is 0 Å². The Morgan fingerprint density at radius 1 is 1.24 bits per heavy atom. The first-order valence-electron chi connectivity index (χ1n) is 7.17. The number of anilines is 2. The summed E-state index contributed by atoms with van der Waals surface area (Å²) >= 11 is 0. The lowest BCUT2D eigenvalue weighted by Gasteiger charge is -2.21. The highest BCUT2D eigenvalue weighted by molar-refractivity contribution is 5.61. The predicted molar refractivity (Wildman–Crippen MR) is 86.6 cm³/mol. The SMILES string of the molecule is CCNc1cc(N(C)CC(C)O)nc(-c2ccccc2)n1. The molecule has 5 heteroatoms. The first-order valence-corrected chi connectivity index (χ1v) is 7.17. The number of nitrogens with one attached hydrogen (secondary N) is 1. The van der Waals surface area contributed by atoms with Gasteiger partial charge >= 0.3 is 0 Å². The molecule has 0 aliphatic rings. The minimum absolute atomic E-state index is 0.410. The second kappa shape index (κ2) is 7.04. The summed E-state index contributed by atoms with van der Waals surface area (Å²) in [7, 11) is 1.92. The van der Waals surface area contributed by atoms with Crippen molar-refractivity contribution >= 4 is 11.6 Å². The third-order valence-corrected chi connectivity index (χ3v) is 3.03. The predicted octanol–water partition coefficient (Wildman–Crippen LogP) is 2.39. The van der Waals surface area contributed by atoms with Crippen molar-refractivity contribution in [2.45, 2.75) is 20.0 Å². The van der Waals surface area contributed by atoms with Crippen molar-refractivity contribution in [1.82, 2.24) is 9.97 Å². The van der Waals surface area contributed by atoms with Gasteiger partial charge in [-0.15, -0.1) is 0 Å². The second-order valence-corrected chi connectivity index (χ2v) is 5.06. The fourth-order valence-corrected chi connectivity index (χ4v) is 2.11. The number of rotatable bonds is 6. The highest BCUT2D eigenvalue weighted by atomic mass is 16.3. The molecule has 0 aliphatic heterocycles. The highest BCUT2D eigenvalue weighted by Gasteiger charge is 2.11. The van der Waals surface area contributed by atoms with Gasteiger partial charge in [0.05, 0.1) is 6.10 Å². The third-order valence-electron chi connectivity index (χ3n) is 3.03. The molecule has 0 amide bonds. The largest absolute Gasteiger partial charge is 0.392 e. The molecule has 2 rings (SSSR count). The second-order valence-electron chi connectivity index (χ2n) is 5.06. The van der Waals surface area contributed by atoms with E-state index in [0.29, 0.717) is 12.4 Å². The number of likely N-dealkylation sites (N-methyl/N-ethyl adjacent to an activating group) is 1. The van der Waals surface area contributed by atoms with Gasteiger partial charge in [0, 0.05) is 31.8 Å². The van der Waals surface area contributed by atoms with Gasteiger partial charge < -0.3 is 15.3 Å². The van der Waals surface area contributed by atoms with Crippen LogP contribution in [-0.2, 0) is 0 Å². The molecule has 0 radical (unpaired) electrons. The van der Waals surface area contributed by atoms with Gasteiger partial charge in [-0.25, -0.2) is 9.97 Å². The number of aliphatic hydroxyl groups excluding tert-OH is 1. The molecule has 112 valence electrons. The first-order chi connectivity index (χ1) is 10.1. The van der Waals surface area contributed by atoms with E-state index in [9.17, 15) is 5.11 Å². The number of benzene rings is 1. The summed E-state index contributed by atoms with van der Waals surface area (Å²) < 4.78 is 0. The van der Waals surface area contributed by atoms with Crippen molar-refractivity contribution in [3.8, 4) is 11.4 Å². The number of hydrogen-bond acceptors (Lipinski definition) is 5. The van der Waals surface area contributed by atoms with Crippen LogP contribution in [0.25, 0.3) is 11.4 Å². The Balaban J connectivity index is 2.39. The molecule has 0 saturated carbocycles. The molecule has 5 nitrogen and oxygen atoms in total. The molecule has 1 atom stereocenters. The molecule has 21 heavy (non-hydrogen) atoms. The van der Waals surface area contributed by atoms with Crippen LogP contribution in [-0.4, -0.2) is 41.3 Å². The van der Waals surface area contributed by atoms with Crippen molar-refractivity contribution in [1.29, 1.82) is 0 Å². The van der Waals surface area contributed by atoms with Crippen LogP contribution in [0.1, 0.15) is 13.8 Å². The lowest BCUT2D eigenvalue weighted by atomic mass is 10.2. The average Bonchev–Trinajstić information content (AvgIpc) is 2.47. The number of aromatic nitrogens is 2. The smallest absolute Gasteiger partial charge is 0.163 e. The summed E-state index contributed by atoms with van der Waals surface area (Å²) in [6, 6.07) is 11.8. The lowest BCUT2D eigenvalue weighted by Crippen LogP contribution is -2.28. The van der Waals surface area contributed by atoms with E-state index in [1.54, 1.807) is 6.92 Å². The van der Waals surface area contributed by atoms with E-state index < -0.39 is 6.10 Å². The molecular weight excluding hydrogens is 264 g/mol. The molecule has 1 aromatic heterocycles. The summed E-state index contributed by atoms with van der Waals surface area (Å²) in [6.07, 6.45) is -0.410. The van der Waals surface area contributed by atoms with E-state index in [1.165, 1.54) is 0 Å². The normalized spacial score (nSPS) is 12.0. The molecule has 1 unspecified atom stereocenters. The van der Waals surface area contributed by atoms with E-state index in [0.717, 1.165) is 23.7 Å². The molecule has 0 spiro atoms. The molecule has 2 aromatic rings. The average molecular weight is 286 g/mol. The van der Waals surface area contributed by atoms with Crippen molar-refractivity contribution in [3.63, 3.8) is 0 Å². The van der Waals surface area contributed by atoms with Gasteiger partial charge in [0.1, 0.15) is 11.6 Å². The van der Waals surface area contributed by atoms with E-state index >= 15 is 0 Å². The van der Waals surface area contributed by atoms with Crippen molar-refractivity contribution in [3.05, 3.63) is 36.4 Å². The fraction of sp³-hybridized carbons (Fsp3) is 0.375. The van der Waals surface area contributed by atoms with E-state index in [2.05, 4.69) is 15.3 Å². The molecule has 1 heterocycles. The van der Waals surface area contributed by atoms with Crippen molar-refractivity contribution < 1.29 is 5.11 Å². The molecular formula is C16H22N4O. The van der Waals surface area contributed by atoms with Gasteiger partial charge in [-0.1, -0.05) is 30.3 Å². The Morgan fingerprint density at radius 2 is 1.95 bits per heavy atom. The Labute approximate surface area is 125 Å². The summed E-state index contributed by atoms with van der Waals surface area (Å²) in [5.74, 6) is 2.26. The zero-order chi connectivity index (χ0) is 15.2. The van der Waals surface area contributed by atoms with Gasteiger partial charge in [-0.3, -0.25) is 0 Å². The molecule has 2 N–H and O–H groups in total. The van der Waals surface area contributed by atoms with Gasteiger partial charge in [0.25, 0.3) is 0 Å². The topological polar surface area (TPSA) is 61.3 Å². The zero-order valence-electron chi connectivity index (χ0n) is 12.7. The standard InChI is InChI=1S/C16H22N4O/c1-4-17-14-10-15(20(3)11-12(2)21)19-16(18-14)13-8-6-5-7-9-13/h5-10,12,21H,4,11H2,1-3H3,(H,17,18,19). The fourth-order valence-electron chi connectivity index (χ4n) is 2.11. The summed E-state index contributed by atoms with van der Waals surface area (Å²) in [5, 5.41) is 12.8. The minimum Gasteiger partial charge on any atom is -0.392 e. The first kappa shape index (κ1) is 15.3. The minimum atomic E-state index is -0.410. The Hall–Kier alpha value is -2.14. The van der Waals surface area contributed by atoms with Gasteiger partial charge in [-0.2, -0.15) is 0 Å². The maximum absolute atomic E-state index is 9.54. The molecule has 0 fully saturated rings.